The Balaban J connectivity index is 2.20. The molecule has 1 N–H and O–H groups in total. The summed E-state index contributed by atoms with van der Waals surface area (Å²) in [6, 6.07) is 15.8. The molecule has 1 nitrogen and oxygen atoms in total. The first-order chi connectivity index (χ1) is 8.99. The number of benzene rings is 2. The molecule has 0 saturated carbocycles. The van der Waals surface area contributed by atoms with E-state index in [-0.39, 0.29) is 0 Å². The van der Waals surface area contributed by atoms with Gasteiger partial charge < -0.3 is 5.32 Å². The van der Waals surface area contributed by atoms with Crippen LogP contribution in [0.3, 0.4) is 0 Å². The highest BCUT2D eigenvalue weighted by atomic mass is 14.9. The van der Waals surface area contributed by atoms with Gasteiger partial charge in [-0.2, -0.15) is 0 Å². The minimum Gasteiger partial charge on any atom is -0.313 e. The van der Waals surface area contributed by atoms with Crippen molar-refractivity contribution >= 4 is 10.8 Å². The number of fused-ring (bicyclic) bond motifs is 1. The predicted molar refractivity (Wildman–Crippen MR) is 84.4 cm³/mol. The summed E-state index contributed by atoms with van der Waals surface area (Å²) in [6.07, 6.45) is 2.41. The minimum atomic E-state index is 0.395. The van der Waals surface area contributed by atoms with Crippen molar-refractivity contribution in [1.29, 1.82) is 0 Å². The molecule has 1 heteroatoms. The van der Waals surface area contributed by atoms with Crippen LogP contribution in [0.1, 0.15) is 45.2 Å². The standard InChI is InChI=1S/C18H25N/c1-18(2,3)12-11-17(19-4)16-10-9-14-7-5-6-8-15(14)13-16/h5-10,13,17,19H,11-12H2,1-4H3. The monoisotopic (exact) mass is 255 g/mol. The van der Waals surface area contributed by atoms with Gasteiger partial charge in [0.2, 0.25) is 0 Å². The molecule has 0 fully saturated rings. The molecule has 0 amide bonds. The van der Waals surface area contributed by atoms with Crippen LogP contribution in [0.4, 0.5) is 0 Å². The topological polar surface area (TPSA) is 12.0 Å². The molecule has 0 heterocycles. The Hall–Kier alpha value is -1.34. The molecule has 102 valence electrons. The Bertz CT molecular complexity index is 537. The zero-order chi connectivity index (χ0) is 13.9. The minimum absolute atomic E-state index is 0.395. The van der Waals surface area contributed by atoms with Crippen molar-refractivity contribution in [1.82, 2.24) is 5.32 Å². The zero-order valence-electron chi connectivity index (χ0n) is 12.5. The lowest BCUT2D eigenvalue weighted by atomic mass is 9.87. The molecule has 0 radical (unpaired) electrons. The summed E-state index contributed by atoms with van der Waals surface area (Å²) in [4.78, 5) is 0. The lowest BCUT2D eigenvalue weighted by Gasteiger charge is -2.23. The fraction of sp³-hybridized carbons (Fsp3) is 0.444. The predicted octanol–water partition coefficient (Wildman–Crippen LogP) is 4.93. The van der Waals surface area contributed by atoms with Gasteiger partial charge in [-0.25, -0.2) is 0 Å². The molecule has 2 aromatic carbocycles. The van der Waals surface area contributed by atoms with Gasteiger partial charge in [0.05, 0.1) is 0 Å². The second-order valence-electron chi connectivity index (χ2n) is 6.55. The molecule has 19 heavy (non-hydrogen) atoms. The lowest BCUT2D eigenvalue weighted by Crippen LogP contribution is -2.18. The van der Waals surface area contributed by atoms with E-state index in [9.17, 15) is 0 Å². The second-order valence-corrected chi connectivity index (χ2v) is 6.55. The fourth-order valence-corrected chi connectivity index (χ4v) is 2.48. The summed E-state index contributed by atoms with van der Waals surface area (Å²) in [7, 11) is 2.06. The van der Waals surface area contributed by atoms with E-state index in [1.54, 1.807) is 0 Å². The number of rotatable bonds is 4. The molecule has 0 aliphatic heterocycles. The van der Waals surface area contributed by atoms with Crippen LogP contribution in [-0.2, 0) is 0 Å². The highest BCUT2D eigenvalue weighted by Gasteiger charge is 2.15. The molecule has 1 unspecified atom stereocenters. The maximum atomic E-state index is 3.46. The number of nitrogens with one attached hydrogen (secondary N) is 1. The largest absolute Gasteiger partial charge is 0.313 e. The summed E-state index contributed by atoms with van der Waals surface area (Å²) in [5.41, 5.74) is 1.79. The van der Waals surface area contributed by atoms with Gasteiger partial charge in [0.1, 0.15) is 0 Å². The van der Waals surface area contributed by atoms with Crippen molar-refractivity contribution in [2.24, 2.45) is 5.41 Å². The van der Waals surface area contributed by atoms with Crippen molar-refractivity contribution < 1.29 is 0 Å². The first-order valence-electron chi connectivity index (χ1n) is 7.15. The van der Waals surface area contributed by atoms with Gasteiger partial charge in [-0.05, 0) is 47.7 Å². The van der Waals surface area contributed by atoms with Crippen LogP contribution in [0.2, 0.25) is 0 Å². The molecule has 0 aliphatic carbocycles. The van der Waals surface area contributed by atoms with E-state index in [4.69, 9.17) is 0 Å². The average Bonchev–Trinajstić information content (AvgIpc) is 2.38. The molecule has 0 bridgehead atoms. The van der Waals surface area contributed by atoms with Crippen LogP contribution in [0, 0.1) is 5.41 Å². The van der Waals surface area contributed by atoms with Gasteiger partial charge in [0.25, 0.3) is 0 Å². The van der Waals surface area contributed by atoms with Crippen molar-refractivity contribution in [3.05, 3.63) is 48.0 Å². The summed E-state index contributed by atoms with van der Waals surface area (Å²) in [5, 5.41) is 6.10. The SMILES string of the molecule is CNC(CCC(C)(C)C)c1ccc2ccccc2c1. The average molecular weight is 255 g/mol. The van der Waals surface area contributed by atoms with E-state index in [0.717, 1.165) is 0 Å². The molecular weight excluding hydrogens is 230 g/mol. The number of hydrogen-bond donors (Lipinski definition) is 1. The highest BCUT2D eigenvalue weighted by Crippen LogP contribution is 2.28. The van der Waals surface area contributed by atoms with Crippen LogP contribution in [0.5, 0.6) is 0 Å². The first-order valence-corrected chi connectivity index (χ1v) is 7.15. The smallest absolute Gasteiger partial charge is 0.0317 e. The molecule has 0 aliphatic rings. The Labute approximate surface area is 117 Å². The second kappa shape index (κ2) is 5.75. The molecular formula is C18H25N. The van der Waals surface area contributed by atoms with E-state index in [1.807, 2.05) is 0 Å². The van der Waals surface area contributed by atoms with E-state index in [0.29, 0.717) is 11.5 Å². The highest BCUT2D eigenvalue weighted by molar-refractivity contribution is 5.83. The van der Waals surface area contributed by atoms with Crippen LogP contribution in [0.25, 0.3) is 10.8 Å². The normalized spacial score (nSPS) is 13.7. The lowest BCUT2D eigenvalue weighted by molar-refractivity contribution is 0.338. The summed E-state index contributed by atoms with van der Waals surface area (Å²) < 4.78 is 0. The maximum absolute atomic E-state index is 3.46. The van der Waals surface area contributed by atoms with Crippen molar-refractivity contribution in [2.75, 3.05) is 7.05 Å². The van der Waals surface area contributed by atoms with E-state index < -0.39 is 0 Å². The third kappa shape index (κ3) is 3.81. The molecule has 2 rings (SSSR count). The van der Waals surface area contributed by atoms with E-state index >= 15 is 0 Å². The van der Waals surface area contributed by atoms with Gasteiger partial charge in [-0.1, -0.05) is 57.2 Å². The molecule has 2 aromatic rings. The fourth-order valence-electron chi connectivity index (χ4n) is 2.48. The zero-order valence-corrected chi connectivity index (χ0v) is 12.5. The van der Waals surface area contributed by atoms with Crippen LogP contribution < -0.4 is 5.32 Å². The summed E-state index contributed by atoms with van der Waals surface area (Å²) in [5.74, 6) is 0. The molecule has 1 atom stereocenters. The van der Waals surface area contributed by atoms with Gasteiger partial charge in [-0.3, -0.25) is 0 Å². The quantitative estimate of drug-likeness (QED) is 0.817. The van der Waals surface area contributed by atoms with Gasteiger partial charge in [-0.15, -0.1) is 0 Å². The van der Waals surface area contributed by atoms with Crippen molar-refractivity contribution in [2.45, 2.75) is 39.7 Å². The maximum Gasteiger partial charge on any atom is 0.0317 e. The third-order valence-corrected chi connectivity index (χ3v) is 3.71. The van der Waals surface area contributed by atoms with E-state index in [2.05, 4.69) is 75.6 Å². The Morgan fingerprint density at radius 1 is 1.00 bits per heavy atom. The Morgan fingerprint density at radius 2 is 1.68 bits per heavy atom. The van der Waals surface area contributed by atoms with Gasteiger partial charge >= 0.3 is 0 Å². The first kappa shape index (κ1) is 14.1. The summed E-state index contributed by atoms with van der Waals surface area (Å²) >= 11 is 0. The van der Waals surface area contributed by atoms with Gasteiger partial charge in [0.15, 0.2) is 0 Å². The van der Waals surface area contributed by atoms with Crippen molar-refractivity contribution in [3.8, 4) is 0 Å². The molecule has 0 saturated heterocycles. The third-order valence-electron chi connectivity index (χ3n) is 3.71. The molecule has 0 spiro atoms. The van der Waals surface area contributed by atoms with Gasteiger partial charge in [0, 0.05) is 6.04 Å². The van der Waals surface area contributed by atoms with E-state index in [1.165, 1.54) is 29.2 Å². The Kier molecular flexibility index (Phi) is 4.26. The molecule has 0 aromatic heterocycles. The number of hydrogen-bond acceptors (Lipinski definition) is 1. The van der Waals surface area contributed by atoms with Crippen LogP contribution in [-0.4, -0.2) is 7.05 Å². The Morgan fingerprint density at radius 3 is 2.32 bits per heavy atom. The van der Waals surface area contributed by atoms with Crippen LogP contribution in [0.15, 0.2) is 42.5 Å². The van der Waals surface area contributed by atoms with Crippen molar-refractivity contribution in [3.63, 3.8) is 0 Å². The van der Waals surface area contributed by atoms with Crippen LogP contribution >= 0.6 is 0 Å². The summed E-state index contributed by atoms with van der Waals surface area (Å²) in [6.45, 7) is 6.92.